The standard InChI is InChI=1S/C16H26N2O2S/c19-16(14-20-13-15-4-2-1-3-5-15)12-17-6-7-18-8-10-21-11-9-18/h1-5,16-17,19H,6-14H2. The van der Waals surface area contributed by atoms with E-state index in [4.69, 9.17) is 4.74 Å². The van der Waals surface area contributed by atoms with E-state index in [0.29, 0.717) is 19.8 Å². The van der Waals surface area contributed by atoms with Gasteiger partial charge in [0.25, 0.3) is 0 Å². The van der Waals surface area contributed by atoms with Gasteiger partial charge in [-0.05, 0) is 5.56 Å². The molecule has 1 aromatic carbocycles. The Bertz CT molecular complexity index is 372. The maximum atomic E-state index is 9.86. The van der Waals surface area contributed by atoms with E-state index in [1.165, 1.54) is 24.6 Å². The zero-order valence-corrected chi connectivity index (χ0v) is 13.4. The van der Waals surface area contributed by atoms with E-state index < -0.39 is 6.10 Å². The van der Waals surface area contributed by atoms with Gasteiger partial charge in [-0.3, -0.25) is 0 Å². The molecule has 118 valence electrons. The predicted molar refractivity (Wildman–Crippen MR) is 88.7 cm³/mol. The number of thioether (sulfide) groups is 1. The molecule has 0 spiro atoms. The van der Waals surface area contributed by atoms with Gasteiger partial charge in [0, 0.05) is 44.2 Å². The second-order valence-electron chi connectivity index (χ2n) is 5.31. The number of nitrogens with one attached hydrogen (secondary N) is 1. The van der Waals surface area contributed by atoms with E-state index in [0.717, 1.165) is 18.7 Å². The Labute approximate surface area is 131 Å². The summed E-state index contributed by atoms with van der Waals surface area (Å²) in [5.41, 5.74) is 1.14. The van der Waals surface area contributed by atoms with Crippen molar-refractivity contribution in [3.05, 3.63) is 35.9 Å². The third-order valence-corrected chi connectivity index (χ3v) is 4.45. The van der Waals surface area contributed by atoms with Crippen molar-refractivity contribution in [2.45, 2.75) is 12.7 Å². The molecule has 1 atom stereocenters. The van der Waals surface area contributed by atoms with Crippen LogP contribution in [0.15, 0.2) is 30.3 Å². The second kappa shape index (κ2) is 10.2. The summed E-state index contributed by atoms with van der Waals surface area (Å²) in [5.74, 6) is 2.49. The Morgan fingerprint density at radius 2 is 2.00 bits per heavy atom. The zero-order valence-electron chi connectivity index (χ0n) is 12.5. The monoisotopic (exact) mass is 310 g/mol. The van der Waals surface area contributed by atoms with Crippen molar-refractivity contribution in [1.82, 2.24) is 10.2 Å². The lowest BCUT2D eigenvalue weighted by atomic mass is 10.2. The first-order valence-corrected chi connectivity index (χ1v) is 8.80. The van der Waals surface area contributed by atoms with Crippen molar-refractivity contribution in [3.8, 4) is 0 Å². The third-order valence-electron chi connectivity index (χ3n) is 3.51. The van der Waals surface area contributed by atoms with Gasteiger partial charge >= 0.3 is 0 Å². The molecule has 4 nitrogen and oxygen atoms in total. The lowest BCUT2D eigenvalue weighted by Gasteiger charge is -2.26. The Morgan fingerprint density at radius 3 is 2.76 bits per heavy atom. The minimum atomic E-state index is -0.439. The van der Waals surface area contributed by atoms with Gasteiger partial charge in [-0.25, -0.2) is 0 Å². The van der Waals surface area contributed by atoms with Gasteiger partial charge in [0.2, 0.25) is 0 Å². The first kappa shape index (κ1) is 16.8. The Kier molecular flexibility index (Phi) is 8.14. The maximum Gasteiger partial charge on any atom is 0.0897 e. The molecule has 0 amide bonds. The molecule has 0 saturated carbocycles. The van der Waals surface area contributed by atoms with Gasteiger partial charge in [0.1, 0.15) is 0 Å². The number of rotatable bonds is 9. The molecule has 0 radical (unpaired) electrons. The molecule has 1 heterocycles. The quantitative estimate of drug-likeness (QED) is 0.671. The van der Waals surface area contributed by atoms with E-state index >= 15 is 0 Å². The summed E-state index contributed by atoms with van der Waals surface area (Å²) in [6.45, 7) is 5.91. The number of benzene rings is 1. The Morgan fingerprint density at radius 1 is 1.24 bits per heavy atom. The number of hydrogen-bond donors (Lipinski definition) is 2. The van der Waals surface area contributed by atoms with Crippen molar-refractivity contribution >= 4 is 11.8 Å². The average Bonchev–Trinajstić information content (AvgIpc) is 2.54. The van der Waals surface area contributed by atoms with Crippen LogP contribution in [0.5, 0.6) is 0 Å². The summed E-state index contributed by atoms with van der Waals surface area (Å²) in [7, 11) is 0. The van der Waals surface area contributed by atoms with Crippen LogP contribution in [-0.4, -0.2) is 66.9 Å². The van der Waals surface area contributed by atoms with Gasteiger partial charge in [-0.15, -0.1) is 0 Å². The average molecular weight is 310 g/mol. The largest absolute Gasteiger partial charge is 0.389 e. The van der Waals surface area contributed by atoms with Gasteiger partial charge in [-0.2, -0.15) is 11.8 Å². The van der Waals surface area contributed by atoms with E-state index in [-0.39, 0.29) is 0 Å². The zero-order chi connectivity index (χ0) is 14.8. The number of hydrogen-bond acceptors (Lipinski definition) is 5. The highest BCUT2D eigenvalue weighted by Gasteiger charge is 2.09. The SMILES string of the molecule is OC(CNCCN1CCSCC1)COCc1ccccc1. The maximum absolute atomic E-state index is 9.86. The first-order chi connectivity index (χ1) is 10.3. The molecule has 1 fully saturated rings. The molecule has 0 aromatic heterocycles. The van der Waals surface area contributed by atoms with Crippen LogP contribution in [0.4, 0.5) is 0 Å². The highest BCUT2D eigenvalue weighted by Crippen LogP contribution is 2.07. The number of nitrogens with zero attached hydrogens (tertiary/aromatic N) is 1. The van der Waals surface area contributed by atoms with Crippen LogP contribution in [-0.2, 0) is 11.3 Å². The summed E-state index contributed by atoms with van der Waals surface area (Å²) < 4.78 is 5.53. The molecule has 1 aromatic rings. The van der Waals surface area contributed by atoms with Gasteiger partial charge in [0.05, 0.1) is 19.3 Å². The smallest absolute Gasteiger partial charge is 0.0897 e. The topological polar surface area (TPSA) is 44.7 Å². The number of aliphatic hydroxyl groups excluding tert-OH is 1. The van der Waals surface area contributed by atoms with E-state index in [1.54, 1.807) is 0 Å². The summed E-state index contributed by atoms with van der Waals surface area (Å²) >= 11 is 2.03. The molecule has 21 heavy (non-hydrogen) atoms. The predicted octanol–water partition coefficient (Wildman–Crippen LogP) is 1.20. The molecular formula is C16H26N2O2S. The molecule has 1 saturated heterocycles. The third kappa shape index (κ3) is 7.29. The fraction of sp³-hybridized carbons (Fsp3) is 0.625. The van der Waals surface area contributed by atoms with Gasteiger partial charge in [0.15, 0.2) is 0 Å². The van der Waals surface area contributed by atoms with Gasteiger partial charge in [-0.1, -0.05) is 30.3 Å². The van der Waals surface area contributed by atoms with Crippen LogP contribution in [0, 0.1) is 0 Å². The van der Waals surface area contributed by atoms with Crippen LogP contribution in [0.2, 0.25) is 0 Å². The van der Waals surface area contributed by atoms with E-state index in [1.807, 2.05) is 42.1 Å². The Balaban J connectivity index is 1.46. The van der Waals surface area contributed by atoms with Crippen molar-refractivity contribution in [2.75, 3.05) is 50.8 Å². The lowest BCUT2D eigenvalue weighted by molar-refractivity contribution is 0.0287. The summed E-state index contributed by atoms with van der Waals surface area (Å²) in [6.07, 6.45) is -0.439. The van der Waals surface area contributed by atoms with Crippen LogP contribution in [0.3, 0.4) is 0 Å². The minimum absolute atomic E-state index is 0.377. The first-order valence-electron chi connectivity index (χ1n) is 7.65. The van der Waals surface area contributed by atoms with E-state index in [2.05, 4.69) is 10.2 Å². The molecule has 2 N–H and O–H groups in total. The highest BCUT2D eigenvalue weighted by atomic mass is 32.2. The van der Waals surface area contributed by atoms with Crippen molar-refractivity contribution in [3.63, 3.8) is 0 Å². The molecule has 1 aliphatic heterocycles. The van der Waals surface area contributed by atoms with E-state index in [9.17, 15) is 5.11 Å². The molecule has 5 heteroatoms. The van der Waals surface area contributed by atoms with Crippen LogP contribution in [0.25, 0.3) is 0 Å². The highest BCUT2D eigenvalue weighted by molar-refractivity contribution is 7.99. The lowest BCUT2D eigenvalue weighted by Crippen LogP contribution is -2.40. The van der Waals surface area contributed by atoms with Gasteiger partial charge < -0.3 is 20.1 Å². The molecule has 2 rings (SSSR count). The summed E-state index contributed by atoms with van der Waals surface area (Å²) in [6, 6.07) is 10.0. The van der Waals surface area contributed by atoms with Crippen molar-refractivity contribution in [2.24, 2.45) is 0 Å². The minimum Gasteiger partial charge on any atom is -0.389 e. The normalized spacial score (nSPS) is 17.8. The molecule has 1 aliphatic rings. The number of ether oxygens (including phenoxy) is 1. The molecule has 1 unspecified atom stereocenters. The summed E-state index contributed by atoms with van der Waals surface area (Å²) in [5, 5.41) is 13.2. The molecule has 0 bridgehead atoms. The molecule has 0 aliphatic carbocycles. The molecular weight excluding hydrogens is 284 g/mol. The van der Waals surface area contributed by atoms with Crippen molar-refractivity contribution < 1.29 is 9.84 Å². The van der Waals surface area contributed by atoms with Crippen LogP contribution < -0.4 is 5.32 Å². The fourth-order valence-electron chi connectivity index (χ4n) is 2.28. The Hall–Kier alpha value is -0.590. The summed E-state index contributed by atoms with van der Waals surface area (Å²) in [4.78, 5) is 2.47. The van der Waals surface area contributed by atoms with Crippen LogP contribution in [0.1, 0.15) is 5.56 Å². The van der Waals surface area contributed by atoms with Crippen molar-refractivity contribution in [1.29, 1.82) is 0 Å². The second-order valence-corrected chi connectivity index (χ2v) is 6.54. The van der Waals surface area contributed by atoms with Crippen LogP contribution >= 0.6 is 11.8 Å². The fourth-order valence-corrected chi connectivity index (χ4v) is 3.26. The number of aliphatic hydroxyl groups is 1.